The summed E-state index contributed by atoms with van der Waals surface area (Å²) in [5.74, 6) is -1.14. The Morgan fingerprint density at radius 2 is 1.07 bits per heavy atom. The smallest absolute Gasteiger partial charge is 0.266 e. The number of carbonyl (C=O) groups is 3. The van der Waals surface area contributed by atoms with Crippen LogP contribution in [0.1, 0.15) is 101 Å². The average molecular weight is 561 g/mol. The quantitative estimate of drug-likeness (QED) is 0.250. The van der Waals surface area contributed by atoms with Crippen LogP contribution < -0.4 is 4.90 Å². The molecule has 0 saturated carbocycles. The summed E-state index contributed by atoms with van der Waals surface area (Å²) in [6.45, 7) is 19.5. The van der Waals surface area contributed by atoms with Crippen LogP contribution in [0.3, 0.4) is 0 Å². The number of imide groups is 1. The molecular weight excluding hydrogens is 524 g/mol. The van der Waals surface area contributed by atoms with Gasteiger partial charge in [-0.15, -0.1) is 0 Å². The molecule has 6 rings (SSSR count). The van der Waals surface area contributed by atoms with Gasteiger partial charge in [0.1, 0.15) is 5.76 Å². The highest BCUT2D eigenvalue weighted by Gasteiger charge is 2.41. The molecule has 1 aromatic heterocycles. The molecule has 4 aromatic rings. The molecule has 6 heteroatoms. The maximum absolute atomic E-state index is 13.8. The van der Waals surface area contributed by atoms with Gasteiger partial charge in [0.15, 0.2) is 5.78 Å². The molecule has 2 amide bonds. The number of benzene rings is 3. The van der Waals surface area contributed by atoms with E-state index in [1.165, 1.54) is 4.90 Å². The van der Waals surface area contributed by atoms with E-state index in [-0.39, 0.29) is 28.9 Å². The fraction of sp³-hybridized carbons (Fsp3) is 0.278. The summed E-state index contributed by atoms with van der Waals surface area (Å²) in [7, 11) is 0. The van der Waals surface area contributed by atoms with Crippen molar-refractivity contribution in [1.82, 2.24) is 4.98 Å². The lowest BCUT2D eigenvalue weighted by atomic mass is 9.89. The predicted molar refractivity (Wildman–Crippen MR) is 169 cm³/mol. The topological polar surface area (TPSA) is 87.6 Å². The first-order chi connectivity index (χ1) is 19.9. The maximum atomic E-state index is 13.8. The van der Waals surface area contributed by atoms with Gasteiger partial charge in [-0.05, 0) is 112 Å². The van der Waals surface area contributed by atoms with E-state index in [4.69, 9.17) is 4.98 Å². The molecule has 0 spiro atoms. The first-order valence-corrected chi connectivity index (χ1v) is 14.4. The van der Waals surface area contributed by atoms with E-state index in [0.717, 1.165) is 44.5 Å². The van der Waals surface area contributed by atoms with Gasteiger partial charge in [0.25, 0.3) is 11.8 Å². The number of para-hydroxylation sites is 1. The normalized spacial score (nSPS) is 14.0. The van der Waals surface area contributed by atoms with Gasteiger partial charge in [0.05, 0.1) is 33.6 Å². The number of aliphatic hydroxyl groups excluding tert-OH is 1. The summed E-state index contributed by atoms with van der Waals surface area (Å²) in [5, 5.41) is 12.1. The number of allylic oxidation sites excluding steroid dienone is 1. The zero-order valence-electron chi connectivity index (χ0n) is 26.0. The van der Waals surface area contributed by atoms with Crippen molar-refractivity contribution in [2.24, 2.45) is 0 Å². The number of aromatic nitrogens is 1. The lowest BCUT2D eigenvalue weighted by Crippen LogP contribution is -2.30. The second-order valence-electron chi connectivity index (χ2n) is 11.0. The number of carbonyl (C=O) groups excluding carboxylic acids is 3. The van der Waals surface area contributed by atoms with Crippen LogP contribution in [-0.2, 0) is 0 Å². The Labute approximate surface area is 246 Å². The number of pyridine rings is 1. The van der Waals surface area contributed by atoms with Crippen LogP contribution in [0, 0.1) is 55.4 Å². The number of nitrogens with zero attached hydrogens (tertiary/aromatic N) is 2. The molecule has 0 fully saturated rings. The third-order valence-electron chi connectivity index (χ3n) is 9.33. The van der Waals surface area contributed by atoms with E-state index in [9.17, 15) is 19.5 Å². The van der Waals surface area contributed by atoms with Gasteiger partial charge < -0.3 is 5.11 Å². The minimum absolute atomic E-state index is 0.0917. The van der Waals surface area contributed by atoms with Gasteiger partial charge in [-0.1, -0.05) is 32.0 Å². The predicted octanol–water partition coefficient (Wildman–Crippen LogP) is 8.15. The van der Waals surface area contributed by atoms with E-state index in [1.807, 2.05) is 75.3 Å². The summed E-state index contributed by atoms with van der Waals surface area (Å²) >= 11 is 0. The van der Waals surface area contributed by atoms with Gasteiger partial charge in [0.2, 0.25) is 0 Å². The fourth-order valence-electron chi connectivity index (χ4n) is 6.32. The molecule has 0 unspecified atom stereocenters. The number of ketones is 1. The van der Waals surface area contributed by atoms with E-state index < -0.39 is 0 Å². The second-order valence-corrected chi connectivity index (χ2v) is 11.0. The Morgan fingerprint density at radius 3 is 1.60 bits per heavy atom. The lowest BCUT2D eigenvalue weighted by molar-refractivity contribution is 0.0925. The summed E-state index contributed by atoms with van der Waals surface area (Å²) in [4.78, 5) is 47.3. The lowest BCUT2D eigenvalue weighted by Gasteiger charge is -2.17. The van der Waals surface area contributed by atoms with Crippen molar-refractivity contribution in [2.75, 3.05) is 4.90 Å². The van der Waals surface area contributed by atoms with Crippen LogP contribution in [0.5, 0.6) is 0 Å². The van der Waals surface area contributed by atoms with Gasteiger partial charge in [0, 0.05) is 16.5 Å². The number of fused-ring (bicyclic) bond motifs is 3. The summed E-state index contributed by atoms with van der Waals surface area (Å²) in [6.07, 6.45) is 0. The van der Waals surface area contributed by atoms with E-state index in [2.05, 4.69) is 0 Å². The van der Waals surface area contributed by atoms with Crippen LogP contribution in [0.15, 0.2) is 30.3 Å². The van der Waals surface area contributed by atoms with Gasteiger partial charge in [-0.3, -0.25) is 14.4 Å². The number of anilines is 1. The highest BCUT2D eigenvalue weighted by atomic mass is 16.3. The largest absolute Gasteiger partial charge is 0.506 e. The zero-order valence-corrected chi connectivity index (χ0v) is 26.0. The monoisotopic (exact) mass is 560 g/mol. The van der Waals surface area contributed by atoms with Gasteiger partial charge >= 0.3 is 0 Å². The first kappa shape index (κ1) is 28.9. The minimum atomic E-state index is -0.382. The second kappa shape index (κ2) is 10.1. The number of hydrogen-bond donors (Lipinski definition) is 1. The molecule has 1 N–H and O–H groups in total. The van der Waals surface area contributed by atoms with E-state index in [0.29, 0.717) is 44.5 Å². The molecule has 0 radical (unpaired) electrons. The first-order valence-electron chi connectivity index (χ1n) is 14.4. The highest BCUT2D eigenvalue weighted by Crippen LogP contribution is 2.43. The summed E-state index contributed by atoms with van der Waals surface area (Å²) < 4.78 is 0. The molecule has 1 aliphatic heterocycles. The van der Waals surface area contributed by atoms with Gasteiger partial charge in [-0.25, -0.2) is 9.88 Å². The van der Waals surface area contributed by atoms with E-state index >= 15 is 0 Å². The zero-order chi connectivity index (χ0) is 30.9. The Hall–Kier alpha value is -4.58. The summed E-state index contributed by atoms with van der Waals surface area (Å²) in [5.41, 5.74) is 10.4. The number of aliphatic hydroxyl groups is 1. The van der Waals surface area contributed by atoms with Crippen molar-refractivity contribution in [1.29, 1.82) is 0 Å². The molecule has 0 bridgehead atoms. The summed E-state index contributed by atoms with van der Waals surface area (Å²) in [6, 6.07) is 8.83. The molecule has 2 heterocycles. The van der Waals surface area contributed by atoms with E-state index in [1.54, 1.807) is 24.3 Å². The molecule has 214 valence electrons. The van der Waals surface area contributed by atoms with Crippen LogP contribution in [0.2, 0.25) is 0 Å². The van der Waals surface area contributed by atoms with Crippen molar-refractivity contribution in [2.45, 2.75) is 69.2 Å². The molecule has 1 aliphatic carbocycles. The fourth-order valence-corrected chi connectivity index (χ4v) is 6.32. The number of Topliss-reactive ketones (excluding diaryl/α,β-unsaturated/α-hetero) is 1. The highest BCUT2D eigenvalue weighted by molar-refractivity contribution is 6.40. The van der Waals surface area contributed by atoms with Crippen LogP contribution in [-0.4, -0.2) is 27.7 Å². The number of rotatable bonds is 2. The van der Waals surface area contributed by atoms with Crippen molar-refractivity contribution in [3.05, 3.63) is 103 Å². The van der Waals surface area contributed by atoms with Crippen molar-refractivity contribution < 1.29 is 19.5 Å². The average Bonchev–Trinajstić information content (AvgIpc) is 3.41. The molecule has 6 nitrogen and oxygen atoms in total. The number of hydrogen-bond acceptors (Lipinski definition) is 5. The standard InChI is InChI=1S/C34H30N2O4.C2H6/c1-14-15(2)19(6)26-25(18(14)5)31(37)29(32(26)38)23-13-12-22-10-9-11-24(30(22)35-23)36-33(39)27-20(7)16(3)17(4)21(8)28(27)34(36)40;1-2/h9-13,37H,1-8H3;1-2H3. The third kappa shape index (κ3) is 3.71. The number of amides is 2. The SMILES string of the molecule is CC.Cc1c(C)c(C)c2c(c1C)C(=O)C(c1ccc3cccc(N4C(=O)c5c(C)c(C)c(C)c(C)c5C4=O)c3n1)=C2O. The Morgan fingerprint density at radius 1 is 0.595 bits per heavy atom. The third-order valence-corrected chi connectivity index (χ3v) is 9.33. The molecular formula is C36H36N2O4. The molecule has 2 aliphatic rings. The van der Waals surface area contributed by atoms with Crippen LogP contribution >= 0.6 is 0 Å². The molecule has 3 aromatic carbocycles. The molecule has 0 atom stereocenters. The van der Waals surface area contributed by atoms with Crippen molar-refractivity contribution in [3.63, 3.8) is 0 Å². The Kier molecular flexibility index (Phi) is 6.92. The van der Waals surface area contributed by atoms with Crippen molar-refractivity contribution in [3.8, 4) is 0 Å². The minimum Gasteiger partial charge on any atom is -0.506 e. The van der Waals surface area contributed by atoms with Crippen LogP contribution in [0.25, 0.3) is 22.2 Å². The van der Waals surface area contributed by atoms with Crippen LogP contribution in [0.4, 0.5) is 5.69 Å². The Balaban J connectivity index is 0.00000173. The Bertz CT molecular complexity index is 1900. The molecule has 0 saturated heterocycles. The van der Waals surface area contributed by atoms with Gasteiger partial charge in [-0.2, -0.15) is 0 Å². The van der Waals surface area contributed by atoms with Crippen molar-refractivity contribution >= 4 is 45.5 Å². The molecule has 42 heavy (non-hydrogen) atoms. The maximum Gasteiger partial charge on any atom is 0.266 e.